The quantitative estimate of drug-likeness (QED) is 0.600. The van der Waals surface area contributed by atoms with E-state index < -0.39 is 0 Å². The molecule has 6 heteroatoms. The lowest BCUT2D eigenvalue weighted by Crippen LogP contribution is -2.53. The van der Waals surface area contributed by atoms with Gasteiger partial charge >= 0.3 is 0 Å². The summed E-state index contributed by atoms with van der Waals surface area (Å²) in [7, 11) is 0. The summed E-state index contributed by atoms with van der Waals surface area (Å²) in [5.74, 6) is -0.497. The molecule has 4 rings (SSSR count). The minimum absolute atomic E-state index is 0.0469. The molecule has 3 heterocycles. The van der Waals surface area contributed by atoms with Crippen molar-refractivity contribution in [1.29, 1.82) is 0 Å². The number of piperidine rings is 1. The van der Waals surface area contributed by atoms with Crippen molar-refractivity contribution in [2.45, 2.75) is 45.1 Å². The Morgan fingerprint density at radius 3 is 2.81 bits per heavy atom. The van der Waals surface area contributed by atoms with Crippen LogP contribution in [0.25, 0.3) is 0 Å². The van der Waals surface area contributed by atoms with Crippen molar-refractivity contribution in [2.75, 3.05) is 30.3 Å². The maximum Gasteiger partial charge on any atom is 0.260 e. The molecule has 4 N–H and O–H groups in total. The number of rotatable bonds is 2. The molecule has 0 saturated carbocycles. The van der Waals surface area contributed by atoms with Gasteiger partial charge in [0, 0.05) is 42.6 Å². The van der Waals surface area contributed by atoms with Crippen LogP contribution in [0.5, 0.6) is 0 Å². The number of Topliss-reactive ketones (excluding diaryl/α,β-unsaturated/α-hetero) is 1. The van der Waals surface area contributed by atoms with Crippen molar-refractivity contribution in [3.8, 4) is 0 Å². The summed E-state index contributed by atoms with van der Waals surface area (Å²) in [5, 5.41) is 12.9. The predicted octanol–water partition coefficient (Wildman–Crippen LogP) is 1.92. The van der Waals surface area contributed by atoms with Crippen molar-refractivity contribution >= 4 is 23.1 Å². The van der Waals surface area contributed by atoms with Crippen LogP contribution >= 0.6 is 0 Å². The highest BCUT2D eigenvalue weighted by Crippen LogP contribution is 2.36. The fraction of sp³-hybridized carbons (Fsp3) is 0.524. The van der Waals surface area contributed by atoms with Gasteiger partial charge in [-0.05, 0) is 42.0 Å². The third kappa shape index (κ3) is 3.34. The number of anilines is 2. The lowest BCUT2D eigenvalue weighted by molar-refractivity contribution is -0.124. The summed E-state index contributed by atoms with van der Waals surface area (Å²) in [6.45, 7) is 8.90. The number of benzene rings is 1. The molecule has 6 nitrogen and oxygen atoms in total. The van der Waals surface area contributed by atoms with Gasteiger partial charge in [-0.15, -0.1) is 0 Å². The Morgan fingerprint density at radius 1 is 1.22 bits per heavy atom. The van der Waals surface area contributed by atoms with Crippen LogP contribution in [0.4, 0.5) is 11.4 Å². The third-order valence-corrected chi connectivity index (χ3v) is 5.78. The first-order chi connectivity index (χ1) is 12.8. The molecule has 0 bridgehead atoms. The molecule has 0 spiro atoms. The molecule has 0 aromatic heterocycles. The SMILES string of the molecule is CC(C)(C)c1cc2c(cc1NC(=O)C1=CNC3CNCCC3C1=O)NCC2. The van der Waals surface area contributed by atoms with Gasteiger partial charge < -0.3 is 21.3 Å². The van der Waals surface area contributed by atoms with Crippen molar-refractivity contribution in [1.82, 2.24) is 10.6 Å². The molecule has 2 unspecified atom stereocenters. The largest absolute Gasteiger partial charge is 0.385 e. The van der Waals surface area contributed by atoms with Crippen LogP contribution in [0.2, 0.25) is 0 Å². The van der Waals surface area contributed by atoms with E-state index in [2.05, 4.69) is 48.1 Å². The first kappa shape index (κ1) is 18.0. The molecule has 3 aliphatic rings. The molecule has 2 atom stereocenters. The molecule has 1 aromatic carbocycles. The molecule has 1 fully saturated rings. The predicted molar refractivity (Wildman–Crippen MR) is 107 cm³/mol. The van der Waals surface area contributed by atoms with Crippen LogP contribution in [0.1, 0.15) is 38.3 Å². The Bertz CT molecular complexity index is 822. The van der Waals surface area contributed by atoms with Gasteiger partial charge in [0.05, 0.1) is 5.57 Å². The number of carbonyl (C=O) groups excluding carboxylic acids is 2. The molecular weight excluding hydrogens is 340 g/mol. The highest BCUT2D eigenvalue weighted by Gasteiger charge is 2.37. The first-order valence-electron chi connectivity index (χ1n) is 9.78. The lowest BCUT2D eigenvalue weighted by Gasteiger charge is -2.35. The summed E-state index contributed by atoms with van der Waals surface area (Å²) in [6, 6.07) is 4.27. The van der Waals surface area contributed by atoms with Crippen molar-refractivity contribution in [2.24, 2.45) is 5.92 Å². The first-order valence-corrected chi connectivity index (χ1v) is 9.78. The molecule has 144 valence electrons. The number of amides is 1. The van der Waals surface area contributed by atoms with Gasteiger partial charge in [0.2, 0.25) is 0 Å². The summed E-state index contributed by atoms with van der Waals surface area (Å²) in [5.41, 5.74) is 4.34. The highest BCUT2D eigenvalue weighted by atomic mass is 16.2. The van der Waals surface area contributed by atoms with Crippen LogP contribution < -0.4 is 21.3 Å². The lowest BCUT2D eigenvalue weighted by atomic mass is 9.82. The smallest absolute Gasteiger partial charge is 0.260 e. The second-order valence-electron chi connectivity index (χ2n) is 8.73. The second kappa shape index (κ2) is 6.68. The molecule has 1 amide bonds. The minimum Gasteiger partial charge on any atom is -0.385 e. The van der Waals surface area contributed by atoms with E-state index in [0.717, 1.165) is 49.4 Å². The maximum atomic E-state index is 13.0. The van der Waals surface area contributed by atoms with Gasteiger partial charge in [-0.1, -0.05) is 26.8 Å². The fourth-order valence-corrected chi connectivity index (χ4v) is 4.25. The molecule has 1 aromatic rings. The zero-order valence-corrected chi connectivity index (χ0v) is 16.2. The van der Waals surface area contributed by atoms with Gasteiger partial charge in [0.15, 0.2) is 5.78 Å². The molecule has 0 aliphatic carbocycles. The molecule has 27 heavy (non-hydrogen) atoms. The zero-order valence-electron chi connectivity index (χ0n) is 16.2. The summed E-state index contributed by atoms with van der Waals surface area (Å²) in [6.07, 6.45) is 3.35. The van der Waals surface area contributed by atoms with E-state index in [9.17, 15) is 9.59 Å². The van der Waals surface area contributed by atoms with Gasteiger partial charge in [-0.2, -0.15) is 0 Å². The van der Waals surface area contributed by atoms with E-state index in [1.807, 2.05) is 6.07 Å². The third-order valence-electron chi connectivity index (χ3n) is 5.78. The van der Waals surface area contributed by atoms with Crippen LogP contribution in [0.15, 0.2) is 23.9 Å². The number of hydrogen-bond donors (Lipinski definition) is 4. The zero-order chi connectivity index (χ0) is 19.2. The fourth-order valence-electron chi connectivity index (χ4n) is 4.25. The summed E-state index contributed by atoms with van der Waals surface area (Å²) < 4.78 is 0. The number of hydrogen-bond acceptors (Lipinski definition) is 5. The van der Waals surface area contributed by atoms with Crippen LogP contribution in [0, 0.1) is 5.92 Å². The minimum atomic E-state index is -0.326. The highest BCUT2D eigenvalue weighted by molar-refractivity contribution is 6.24. The van der Waals surface area contributed by atoms with Crippen molar-refractivity contribution in [3.63, 3.8) is 0 Å². The Kier molecular flexibility index (Phi) is 4.46. The average Bonchev–Trinajstić information content (AvgIpc) is 3.08. The summed E-state index contributed by atoms with van der Waals surface area (Å²) in [4.78, 5) is 25.8. The maximum absolute atomic E-state index is 13.0. The average molecular weight is 368 g/mol. The molecule has 1 saturated heterocycles. The van der Waals surface area contributed by atoms with Crippen molar-refractivity contribution in [3.05, 3.63) is 35.0 Å². The number of nitrogens with one attached hydrogen (secondary N) is 4. The van der Waals surface area contributed by atoms with E-state index in [4.69, 9.17) is 0 Å². The molecular formula is C21H28N4O2. The Labute approximate surface area is 160 Å². The van der Waals surface area contributed by atoms with Crippen LogP contribution in [-0.2, 0) is 21.4 Å². The van der Waals surface area contributed by atoms with Gasteiger partial charge in [0.1, 0.15) is 0 Å². The van der Waals surface area contributed by atoms with Gasteiger partial charge in [-0.3, -0.25) is 9.59 Å². The van der Waals surface area contributed by atoms with E-state index >= 15 is 0 Å². The monoisotopic (exact) mass is 368 g/mol. The van der Waals surface area contributed by atoms with Gasteiger partial charge in [0.25, 0.3) is 5.91 Å². The Balaban J connectivity index is 1.61. The number of fused-ring (bicyclic) bond motifs is 2. The number of carbonyl (C=O) groups is 2. The van der Waals surface area contributed by atoms with Crippen LogP contribution in [-0.4, -0.2) is 37.4 Å². The topological polar surface area (TPSA) is 82.3 Å². The van der Waals surface area contributed by atoms with E-state index in [1.165, 1.54) is 5.56 Å². The Morgan fingerprint density at radius 2 is 2.04 bits per heavy atom. The van der Waals surface area contributed by atoms with Gasteiger partial charge in [-0.25, -0.2) is 0 Å². The van der Waals surface area contributed by atoms with Crippen LogP contribution in [0.3, 0.4) is 0 Å². The second-order valence-corrected chi connectivity index (χ2v) is 8.73. The standard InChI is InChI=1S/C21H28N4O2/c1-21(2,3)15-8-12-4-7-23-16(12)9-17(15)25-20(27)14-10-24-18-11-22-6-5-13(18)19(14)26/h8-10,13,18,22-24H,4-7,11H2,1-3H3,(H,25,27). The van der Waals surface area contributed by atoms with E-state index in [-0.39, 0.29) is 34.6 Å². The molecule has 3 aliphatic heterocycles. The van der Waals surface area contributed by atoms with E-state index in [0.29, 0.717) is 0 Å². The van der Waals surface area contributed by atoms with E-state index in [1.54, 1.807) is 6.20 Å². The molecule has 0 radical (unpaired) electrons. The Hall–Kier alpha value is -2.34. The van der Waals surface area contributed by atoms with Crippen molar-refractivity contribution < 1.29 is 9.59 Å². The normalized spacial score (nSPS) is 24.3. The number of ketones is 1. The summed E-state index contributed by atoms with van der Waals surface area (Å²) >= 11 is 0.